The Balaban J connectivity index is 3.87. The van der Waals surface area contributed by atoms with Crippen molar-refractivity contribution in [2.45, 2.75) is 58.2 Å². The molecule has 0 radical (unpaired) electrons. The van der Waals surface area contributed by atoms with Gasteiger partial charge in [-0.3, -0.25) is 0 Å². The van der Waals surface area contributed by atoms with E-state index >= 15 is 0 Å². The predicted molar refractivity (Wildman–Crippen MR) is 60.8 cm³/mol. The molecule has 0 amide bonds. The third-order valence-corrected chi connectivity index (χ3v) is 3.51. The first-order valence-electron chi connectivity index (χ1n) is 5.24. The van der Waals surface area contributed by atoms with Crippen LogP contribution in [0.3, 0.4) is 0 Å². The summed E-state index contributed by atoms with van der Waals surface area (Å²) in [5, 5.41) is 0. The molecule has 2 N–H and O–H groups in total. The molecule has 1 atom stereocenters. The third kappa shape index (κ3) is 6.47. The molecular formula is C10H23NO2P+. The van der Waals surface area contributed by atoms with E-state index in [9.17, 15) is 4.57 Å². The zero-order valence-corrected chi connectivity index (χ0v) is 10.6. The fourth-order valence-corrected chi connectivity index (χ4v) is 1.88. The molecule has 0 aromatic heterocycles. The summed E-state index contributed by atoms with van der Waals surface area (Å²) in [5.41, 5.74) is 5.22. The van der Waals surface area contributed by atoms with Crippen LogP contribution in [0.25, 0.3) is 0 Å². The highest BCUT2D eigenvalue weighted by Crippen LogP contribution is 2.36. The van der Waals surface area contributed by atoms with Crippen molar-refractivity contribution >= 4 is 8.03 Å². The molecule has 4 heteroatoms. The Labute approximate surface area is 88.3 Å². The summed E-state index contributed by atoms with van der Waals surface area (Å²) >= 11 is 0. The fourth-order valence-electron chi connectivity index (χ4n) is 1.09. The van der Waals surface area contributed by atoms with Gasteiger partial charge < -0.3 is 5.73 Å². The van der Waals surface area contributed by atoms with Crippen LogP contribution < -0.4 is 5.73 Å². The van der Waals surface area contributed by atoms with Gasteiger partial charge in [-0.05, 0) is 58.1 Å². The average molecular weight is 220 g/mol. The molecule has 0 aliphatic rings. The Morgan fingerprint density at radius 3 is 2.36 bits per heavy atom. The maximum atomic E-state index is 11.5. The highest BCUT2D eigenvalue weighted by molar-refractivity contribution is 7.40. The number of rotatable bonds is 7. The van der Waals surface area contributed by atoms with Crippen molar-refractivity contribution in [1.82, 2.24) is 0 Å². The Kier molecular flexibility index (Phi) is 6.50. The minimum Gasteiger partial charge on any atom is -0.330 e. The quantitative estimate of drug-likeness (QED) is 0.530. The van der Waals surface area contributed by atoms with E-state index in [-0.39, 0.29) is 11.3 Å². The Hall–Kier alpha value is 0.0200. The predicted octanol–water partition coefficient (Wildman–Crippen LogP) is 3.06. The van der Waals surface area contributed by atoms with Crippen molar-refractivity contribution in [3.8, 4) is 0 Å². The van der Waals surface area contributed by atoms with Gasteiger partial charge in [0.15, 0.2) is 5.66 Å². The van der Waals surface area contributed by atoms with Crippen LogP contribution in [0.1, 0.15) is 47.0 Å². The first kappa shape index (κ1) is 14.0. The van der Waals surface area contributed by atoms with Gasteiger partial charge in [0.2, 0.25) is 0 Å². The van der Waals surface area contributed by atoms with Gasteiger partial charge in [0, 0.05) is 0 Å². The summed E-state index contributed by atoms with van der Waals surface area (Å²) in [6, 6.07) is 0. The third-order valence-electron chi connectivity index (χ3n) is 1.99. The second-order valence-corrected chi connectivity index (χ2v) is 6.26. The van der Waals surface area contributed by atoms with E-state index in [1.807, 2.05) is 27.7 Å². The molecule has 0 bridgehead atoms. The molecule has 1 unspecified atom stereocenters. The number of hydrogen-bond donors (Lipinski definition) is 1. The first-order valence-corrected chi connectivity index (χ1v) is 6.49. The van der Waals surface area contributed by atoms with Crippen LogP contribution in [-0.4, -0.2) is 17.8 Å². The van der Waals surface area contributed by atoms with Gasteiger partial charge in [0.05, 0.1) is 0 Å². The van der Waals surface area contributed by atoms with E-state index < -0.39 is 8.03 Å². The molecule has 0 rings (SSSR count). The van der Waals surface area contributed by atoms with E-state index in [2.05, 4.69) is 0 Å². The summed E-state index contributed by atoms with van der Waals surface area (Å²) in [6.45, 7) is 8.51. The fraction of sp³-hybridized carbons (Fsp3) is 1.00. The van der Waals surface area contributed by atoms with Gasteiger partial charge in [-0.1, -0.05) is 0 Å². The largest absolute Gasteiger partial charge is 0.511 e. The normalized spacial score (nSPS) is 13.4. The Morgan fingerprint density at radius 1 is 1.36 bits per heavy atom. The minimum absolute atomic E-state index is 0.0961. The summed E-state index contributed by atoms with van der Waals surface area (Å²) < 4.78 is 17.0. The van der Waals surface area contributed by atoms with Crippen LogP contribution in [0.2, 0.25) is 0 Å². The Morgan fingerprint density at radius 2 is 1.93 bits per heavy atom. The summed E-state index contributed by atoms with van der Waals surface area (Å²) in [5.74, 6) is 0. The first-order chi connectivity index (χ1) is 6.39. The summed E-state index contributed by atoms with van der Waals surface area (Å²) in [6.07, 6.45) is 2.95. The van der Waals surface area contributed by atoms with Gasteiger partial charge in [-0.2, -0.15) is 0 Å². The highest BCUT2D eigenvalue weighted by atomic mass is 31.1. The van der Waals surface area contributed by atoms with Gasteiger partial charge >= 0.3 is 8.03 Å². The summed E-state index contributed by atoms with van der Waals surface area (Å²) in [4.78, 5) is 0. The van der Waals surface area contributed by atoms with Crippen LogP contribution in [0, 0.1) is 0 Å². The molecule has 0 saturated heterocycles. The lowest BCUT2D eigenvalue weighted by atomic mass is 10.0. The number of unbranched alkanes of at least 4 members (excludes halogenated alkanes) is 1. The lowest BCUT2D eigenvalue weighted by molar-refractivity contribution is 0.106. The molecular weight excluding hydrogens is 197 g/mol. The smallest absolute Gasteiger partial charge is 0.330 e. The maximum Gasteiger partial charge on any atom is 0.511 e. The van der Waals surface area contributed by atoms with Gasteiger partial charge in [-0.15, -0.1) is 4.52 Å². The van der Waals surface area contributed by atoms with Crippen LogP contribution in [0.5, 0.6) is 0 Å². The monoisotopic (exact) mass is 220 g/mol. The molecule has 0 aliphatic heterocycles. The summed E-state index contributed by atoms with van der Waals surface area (Å²) in [7, 11) is -1.53. The van der Waals surface area contributed by atoms with E-state index in [4.69, 9.17) is 10.3 Å². The van der Waals surface area contributed by atoms with Gasteiger partial charge in [0.1, 0.15) is 5.60 Å². The van der Waals surface area contributed by atoms with Crippen molar-refractivity contribution in [2.75, 3.05) is 6.54 Å². The van der Waals surface area contributed by atoms with E-state index in [0.29, 0.717) is 6.54 Å². The molecule has 14 heavy (non-hydrogen) atoms. The van der Waals surface area contributed by atoms with E-state index in [1.54, 1.807) is 0 Å². The molecule has 0 spiro atoms. The highest BCUT2D eigenvalue weighted by Gasteiger charge is 2.33. The van der Waals surface area contributed by atoms with Crippen LogP contribution >= 0.6 is 8.03 Å². The van der Waals surface area contributed by atoms with Crippen molar-refractivity contribution in [2.24, 2.45) is 5.73 Å². The van der Waals surface area contributed by atoms with Crippen molar-refractivity contribution in [1.29, 1.82) is 0 Å². The standard InChI is InChI=1S/C10H23NO2P/c1-9(2)14(12)13-10(3,4)7-5-6-8-11/h9H,5-8,11H2,1-4H3/q+1. The Bertz CT molecular complexity index is 181. The lowest BCUT2D eigenvalue weighted by Gasteiger charge is -2.17. The van der Waals surface area contributed by atoms with Gasteiger partial charge in [-0.25, -0.2) is 0 Å². The molecule has 84 valence electrons. The SMILES string of the molecule is CC(C)[P+](=O)OC(C)(C)CCCCN. The van der Waals surface area contributed by atoms with Crippen LogP contribution in [0.4, 0.5) is 0 Å². The van der Waals surface area contributed by atoms with E-state index in [1.165, 1.54) is 0 Å². The average Bonchev–Trinajstić information content (AvgIpc) is 2.03. The van der Waals surface area contributed by atoms with Crippen molar-refractivity contribution in [3.05, 3.63) is 0 Å². The molecule has 0 aromatic carbocycles. The zero-order valence-electron chi connectivity index (χ0n) is 9.75. The second kappa shape index (κ2) is 6.49. The molecule has 0 fully saturated rings. The lowest BCUT2D eigenvalue weighted by Crippen LogP contribution is -2.22. The molecule has 3 nitrogen and oxygen atoms in total. The molecule has 0 aliphatic carbocycles. The minimum atomic E-state index is -1.53. The molecule has 0 aromatic rings. The van der Waals surface area contributed by atoms with Crippen LogP contribution in [0.15, 0.2) is 0 Å². The van der Waals surface area contributed by atoms with E-state index in [0.717, 1.165) is 19.3 Å². The zero-order chi connectivity index (χ0) is 11.2. The molecule has 0 saturated carbocycles. The van der Waals surface area contributed by atoms with Crippen molar-refractivity contribution in [3.63, 3.8) is 0 Å². The van der Waals surface area contributed by atoms with Gasteiger partial charge in [0.25, 0.3) is 0 Å². The maximum absolute atomic E-state index is 11.5. The van der Waals surface area contributed by atoms with Crippen LogP contribution in [-0.2, 0) is 9.09 Å². The number of hydrogen-bond acceptors (Lipinski definition) is 3. The van der Waals surface area contributed by atoms with Crippen molar-refractivity contribution < 1.29 is 9.09 Å². The second-order valence-electron chi connectivity index (χ2n) is 4.48. The molecule has 0 heterocycles. The topological polar surface area (TPSA) is 52.3 Å². The number of nitrogens with two attached hydrogens (primary N) is 1.